The van der Waals surface area contributed by atoms with Gasteiger partial charge in [0.15, 0.2) is 0 Å². The van der Waals surface area contributed by atoms with Crippen molar-refractivity contribution in [3.05, 3.63) is 78.9 Å². The summed E-state index contributed by atoms with van der Waals surface area (Å²) in [5.74, 6) is 0.488. The molecule has 0 bridgehead atoms. The summed E-state index contributed by atoms with van der Waals surface area (Å²) in [4.78, 5) is 4.43. The van der Waals surface area contributed by atoms with Crippen LogP contribution in [-0.2, 0) is 19.4 Å². The summed E-state index contributed by atoms with van der Waals surface area (Å²) in [6.07, 6.45) is 16.6. The van der Waals surface area contributed by atoms with Gasteiger partial charge in [0.1, 0.15) is 0 Å². The molecule has 2 nitrogen and oxygen atoms in total. The number of imidazole rings is 1. The number of rotatable bonds is 6. The summed E-state index contributed by atoms with van der Waals surface area (Å²) in [6, 6.07) is 10.5. The minimum atomic E-state index is 0.488. The Bertz CT molecular complexity index is 590. The maximum absolute atomic E-state index is 4.43. The number of allylic oxidation sites excluding steroid dienone is 3. The monoisotopic (exact) mass is 338 g/mol. The molecule has 3 rings (SSSR count). The molecule has 0 N–H and O–H groups in total. The lowest BCUT2D eigenvalue weighted by atomic mass is 10.1. The Balaban J connectivity index is 0.000000376. The van der Waals surface area contributed by atoms with Gasteiger partial charge in [-0.15, -0.1) is 6.58 Å². The van der Waals surface area contributed by atoms with Crippen LogP contribution in [0.5, 0.6) is 0 Å². The molecule has 1 heterocycles. The topological polar surface area (TPSA) is 17.8 Å². The van der Waals surface area contributed by atoms with E-state index < -0.39 is 0 Å². The molecule has 2 aromatic rings. The molecule has 2 heteroatoms. The zero-order chi connectivity index (χ0) is 18.3. The Morgan fingerprint density at radius 2 is 1.84 bits per heavy atom. The molecule has 1 aromatic heterocycles. The highest BCUT2D eigenvalue weighted by atomic mass is 15.0. The van der Waals surface area contributed by atoms with E-state index in [2.05, 4.69) is 71.7 Å². The van der Waals surface area contributed by atoms with Gasteiger partial charge in [0, 0.05) is 12.7 Å². The van der Waals surface area contributed by atoms with Gasteiger partial charge in [-0.1, -0.05) is 69.3 Å². The SMILES string of the molecule is C1=CCCC1.C=CC(C)Cc1cn(CCc2ccccc2)cn1.CC. The first-order valence-electron chi connectivity index (χ1n) is 9.60. The van der Waals surface area contributed by atoms with E-state index >= 15 is 0 Å². The van der Waals surface area contributed by atoms with Crippen molar-refractivity contribution in [1.82, 2.24) is 9.55 Å². The molecule has 0 aliphatic heterocycles. The Hall–Kier alpha value is -2.09. The fourth-order valence-electron chi connectivity index (χ4n) is 2.54. The number of benzene rings is 1. The van der Waals surface area contributed by atoms with Gasteiger partial charge < -0.3 is 4.57 Å². The lowest BCUT2D eigenvalue weighted by Crippen LogP contribution is -1.99. The van der Waals surface area contributed by atoms with Crippen LogP contribution < -0.4 is 0 Å². The van der Waals surface area contributed by atoms with E-state index in [4.69, 9.17) is 0 Å². The average Bonchev–Trinajstić information content (AvgIpc) is 3.38. The van der Waals surface area contributed by atoms with Crippen LogP contribution in [-0.4, -0.2) is 9.55 Å². The van der Waals surface area contributed by atoms with Crippen molar-refractivity contribution < 1.29 is 0 Å². The molecule has 0 saturated heterocycles. The van der Waals surface area contributed by atoms with Crippen LogP contribution in [0.2, 0.25) is 0 Å². The van der Waals surface area contributed by atoms with Crippen molar-refractivity contribution in [2.75, 3.05) is 0 Å². The average molecular weight is 339 g/mol. The highest BCUT2D eigenvalue weighted by Gasteiger charge is 2.03. The predicted octanol–water partition coefficient (Wildman–Crippen LogP) is 6.24. The van der Waals surface area contributed by atoms with Crippen LogP contribution >= 0.6 is 0 Å². The van der Waals surface area contributed by atoms with Crippen LogP contribution in [0, 0.1) is 5.92 Å². The zero-order valence-corrected chi connectivity index (χ0v) is 16.2. The summed E-state index contributed by atoms with van der Waals surface area (Å²) >= 11 is 0. The van der Waals surface area contributed by atoms with Gasteiger partial charge in [-0.3, -0.25) is 0 Å². The third-order valence-electron chi connectivity index (χ3n) is 4.03. The second-order valence-corrected chi connectivity index (χ2v) is 6.16. The molecule has 25 heavy (non-hydrogen) atoms. The Labute approximate surface area is 154 Å². The predicted molar refractivity (Wildman–Crippen MR) is 110 cm³/mol. The molecule has 1 atom stereocenters. The van der Waals surface area contributed by atoms with Crippen LogP contribution in [0.3, 0.4) is 0 Å². The lowest BCUT2D eigenvalue weighted by Gasteiger charge is -2.03. The molecule has 0 fully saturated rings. The first-order valence-corrected chi connectivity index (χ1v) is 9.60. The highest BCUT2D eigenvalue weighted by Crippen LogP contribution is 2.08. The van der Waals surface area contributed by atoms with Crippen molar-refractivity contribution in [3.8, 4) is 0 Å². The smallest absolute Gasteiger partial charge is 0.0949 e. The van der Waals surface area contributed by atoms with Crippen LogP contribution in [0.4, 0.5) is 0 Å². The summed E-state index contributed by atoms with van der Waals surface area (Å²) in [5, 5.41) is 0. The molecule has 1 aromatic carbocycles. The summed E-state index contributed by atoms with van der Waals surface area (Å²) in [5.41, 5.74) is 2.52. The number of hydrogen-bond donors (Lipinski definition) is 0. The first kappa shape index (κ1) is 21.0. The number of aromatic nitrogens is 2. The van der Waals surface area contributed by atoms with Crippen molar-refractivity contribution in [1.29, 1.82) is 0 Å². The Morgan fingerprint density at radius 1 is 1.16 bits per heavy atom. The number of hydrogen-bond acceptors (Lipinski definition) is 1. The van der Waals surface area contributed by atoms with Gasteiger partial charge in [-0.05, 0) is 43.6 Å². The molecule has 1 aliphatic carbocycles. The molecule has 0 radical (unpaired) electrons. The highest BCUT2D eigenvalue weighted by molar-refractivity contribution is 5.14. The van der Waals surface area contributed by atoms with Crippen LogP contribution in [0.25, 0.3) is 0 Å². The van der Waals surface area contributed by atoms with E-state index in [9.17, 15) is 0 Å². The van der Waals surface area contributed by atoms with Gasteiger partial charge in [-0.2, -0.15) is 0 Å². The Kier molecular flexibility index (Phi) is 11.1. The summed E-state index contributed by atoms with van der Waals surface area (Å²) in [7, 11) is 0. The van der Waals surface area contributed by atoms with Crippen molar-refractivity contribution in [2.24, 2.45) is 5.92 Å². The van der Waals surface area contributed by atoms with Gasteiger partial charge in [0.05, 0.1) is 12.0 Å². The van der Waals surface area contributed by atoms with Crippen LogP contribution in [0.15, 0.2) is 67.7 Å². The van der Waals surface area contributed by atoms with Crippen molar-refractivity contribution in [2.45, 2.75) is 59.4 Å². The Morgan fingerprint density at radius 3 is 2.40 bits per heavy atom. The standard InChI is InChI=1S/C16H20N2.C5H8.C2H6/c1-3-14(2)11-16-12-18(13-17-16)10-9-15-7-5-4-6-8-15;1-2-4-5-3-1;1-2/h3-8,12-14H,1,9-11H2,2H3;1-2H,3-5H2;1-2H3. The van der Waals surface area contributed by atoms with E-state index in [1.807, 2.05) is 26.3 Å². The number of nitrogens with zero attached hydrogens (tertiary/aromatic N) is 2. The third kappa shape index (κ3) is 9.09. The van der Waals surface area contributed by atoms with E-state index in [1.54, 1.807) is 0 Å². The van der Waals surface area contributed by atoms with E-state index in [-0.39, 0.29) is 0 Å². The summed E-state index contributed by atoms with van der Waals surface area (Å²) < 4.78 is 2.16. The maximum Gasteiger partial charge on any atom is 0.0949 e. The second kappa shape index (κ2) is 13.2. The molecule has 0 amide bonds. The number of aryl methyl sites for hydroxylation is 2. The minimum Gasteiger partial charge on any atom is -0.337 e. The normalized spacial score (nSPS) is 13.2. The summed E-state index contributed by atoms with van der Waals surface area (Å²) in [6.45, 7) is 11.0. The minimum absolute atomic E-state index is 0.488. The molecule has 1 unspecified atom stereocenters. The first-order chi connectivity index (χ1) is 12.3. The molecule has 0 saturated carbocycles. The van der Waals surface area contributed by atoms with Crippen molar-refractivity contribution >= 4 is 0 Å². The molecule has 136 valence electrons. The third-order valence-corrected chi connectivity index (χ3v) is 4.03. The van der Waals surface area contributed by atoms with Crippen molar-refractivity contribution in [3.63, 3.8) is 0 Å². The largest absolute Gasteiger partial charge is 0.337 e. The maximum atomic E-state index is 4.43. The quantitative estimate of drug-likeness (QED) is 0.570. The second-order valence-electron chi connectivity index (χ2n) is 6.16. The van der Waals surface area contributed by atoms with Gasteiger partial charge in [0.2, 0.25) is 0 Å². The fourth-order valence-corrected chi connectivity index (χ4v) is 2.54. The molecule has 1 aliphatic rings. The van der Waals surface area contributed by atoms with Gasteiger partial charge in [0.25, 0.3) is 0 Å². The fraction of sp³-hybridized carbons (Fsp3) is 0.435. The van der Waals surface area contributed by atoms with Crippen LogP contribution in [0.1, 0.15) is 51.3 Å². The van der Waals surface area contributed by atoms with E-state index in [1.165, 1.54) is 24.8 Å². The van der Waals surface area contributed by atoms with Gasteiger partial charge >= 0.3 is 0 Å². The zero-order valence-electron chi connectivity index (χ0n) is 16.2. The van der Waals surface area contributed by atoms with E-state index in [0.29, 0.717) is 5.92 Å². The lowest BCUT2D eigenvalue weighted by molar-refractivity contribution is 0.688. The molecule has 0 spiro atoms. The molecular formula is C23H34N2. The van der Waals surface area contributed by atoms with Gasteiger partial charge in [-0.25, -0.2) is 4.98 Å². The van der Waals surface area contributed by atoms with E-state index in [0.717, 1.165) is 25.1 Å². The molecular weight excluding hydrogens is 304 g/mol.